The molecule has 2 aromatic carbocycles. The largest absolute Gasteiger partial charge is 0.497 e. The average molecular weight is 517 g/mol. The monoisotopic (exact) mass is 516 g/mol. The van der Waals surface area contributed by atoms with Gasteiger partial charge in [0.1, 0.15) is 11.9 Å². The van der Waals surface area contributed by atoms with Crippen LogP contribution < -0.4 is 4.74 Å². The Bertz CT molecular complexity index is 1420. The number of fused-ring (bicyclic) bond motifs is 1. The number of nitrogens with zero attached hydrogens (tertiary/aromatic N) is 4. The summed E-state index contributed by atoms with van der Waals surface area (Å²) in [5, 5.41) is 0.835. The molecule has 2 atom stereocenters. The van der Waals surface area contributed by atoms with Gasteiger partial charge in [-0.05, 0) is 68.4 Å². The molecule has 0 spiro atoms. The second kappa shape index (κ2) is 11.0. The molecule has 2 aromatic heterocycles. The number of hydrogen-bond donors (Lipinski definition) is 0. The fourth-order valence-corrected chi connectivity index (χ4v) is 5.26. The number of esters is 1. The fourth-order valence-electron chi connectivity index (χ4n) is 4.12. The minimum Gasteiger partial charge on any atom is -0.497 e. The molecule has 0 radical (unpaired) electrons. The molecule has 190 valence electrons. The van der Waals surface area contributed by atoms with Gasteiger partial charge >= 0.3 is 5.97 Å². The van der Waals surface area contributed by atoms with E-state index in [-0.39, 0.29) is 18.1 Å². The number of hydrogen-bond acceptors (Lipinski definition) is 8. The normalized spacial score (nSPS) is 16.9. The van der Waals surface area contributed by atoms with Gasteiger partial charge in [0.15, 0.2) is 5.16 Å². The minimum atomic E-state index is -0.352. The number of carbonyl (C=O) groups is 1. The Morgan fingerprint density at radius 2 is 1.97 bits per heavy atom. The zero-order valence-corrected chi connectivity index (χ0v) is 21.8. The van der Waals surface area contributed by atoms with Crippen molar-refractivity contribution >= 4 is 34.7 Å². The molecule has 0 amide bonds. The third kappa shape index (κ3) is 5.46. The molecular weight excluding hydrogens is 488 g/mol. The number of aliphatic imine (C=N–C) groups is 1. The fraction of sp³-hybridized carbons (Fsp3) is 0.286. The van der Waals surface area contributed by atoms with Gasteiger partial charge in [-0.2, -0.15) is 0 Å². The van der Waals surface area contributed by atoms with E-state index in [0.717, 1.165) is 33.2 Å². The van der Waals surface area contributed by atoms with Gasteiger partial charge in [0.25, 0.3) is 0 Å². The molecular formula is C28H28N4O4S. The summed E-state index contributed by atoms with van der Waals surface area (Å²) in [5.41, 5.74) is 4.01. The summed E-state index contributed by atoms with van der Waals surface area (Å²) in [6.07, 6.45) is 1.72. The second-order valence-electron chi connectivity index (χ2n) is 8.59. The number of aromatic nitrogens is 3. The molecule has 5 rings (SSSR count). The Balaban J connectivity index is 1.41. The van der Waals surface area contributed by atoms with E-state index >= 15 is 0 Å². The Kier molecular flexibility index (Phi) is 7.41. The quantitative estimate of drug-likeness (QED) is 0.229. The van der Waals surface area contributed by atoms with Crippen LogP contribution in [0.15, 0.2) is 77.0 Å². The van der Waals surface area contributed by atoms with Gasteiger partial charge in [-0.3, -0.25) is 4.98 Å². The molecule has 0 aliphatic carbocycles. The molecule has 0 bridgehead atoms. The number of thioether (sulfide) groups is 1. The maximum atomic E-state index is 12.3. The standard InChI is InChI=1S/C28H28N4O4S/c1-4-35-27(33)20-10-13-25-23(15-20)31-28(32(25)16-21-7-5-6-14-29-21)37-17-24-18(2)36-26(30-24)19-8-11-22(34-3)12-9-19/h5-15,18,24H,4,16-17H2,1-3H3. The molecule has 4 aromatic rings. The van der Waals surface area contributed by atoms with E-state index in [9.17, 15) is 4.79 Å². The summed E-state index contributed by atoms with van der Waals surface area (Å²) in [6.45, 7) is 4.72. The Labute approximate surface area is 219 Å². The predicted octanol–water partition coefficient (Wildman–Crippen LogP) is 4.99. The summed E-state index contributed by atoms with van der Waals surface area (Å²) < 4.78 is 18.6. The van der Waals surface area contributed by atoms with Crippen LogP contribution in [-0.2, 0) is 16.0 Å². The summed E-state index contributed by atoms with van der Waals surface area (Å²) in [4.78, 5) is 26.5. The number of carbonyl (C=O) groups excluding carboxylic acids is 1. The van der Waals surface area contributed by atoms with Gasteiger partial charge in [0.2, 0.25) is 5.90 Å². The van der Waals surface area contributed by atoms with E-state index in [4.69, 9.17) is 24.2 Å². The van der Waals surface area contributed by atoms with Crippen molar-refractivity contribution in [3.8, 4) is 5.75 Å². The maximum absolute atomic E-state index is 12.3. The first-order valence-corrected chi connectivity index (χ1v) is 13.1. The smallest absolute Gasteiger partial charge is 0.338 e. The van der Waals surface area contributed by atoms with Gasteiger partial charge in [-0.1, -0.05) is 17.8 Å². The third-order valence-corrected chi connectivity index (χ3v) is 7.19. The van der Waals surface area contributed by atoms with Crippen LogP contribution in [0.2, 0.25) is 0 Å². The Morgan fingerprint density at radius 1 is 1.14 bits per heavy atom. The van der Waals surface area contributed by atoms with Gasteiger partial charge < -0.3 is 18.8 Å². The van der Waals surface area contributed by atoms with E-state index in [1.807, 2.05) is 55.5 Å². The zero-order valence-electron chi connectivity index (χ0n) is 21.0. The molecule has 0 saturated carbocycles. The molecule has 0 saturated heterocycles. The number of imidazole rings is 1. The van der Waals surface area contributed by atoms with Crippen molar-refractivity contribution in [2.24, 2.45) is 4.99 Å². The van der Waals surface area contributed by atoms with E-state index in [1.54, 1.807) is 44.1 Å². The second-order valence-corrected chi connectivity index (χ2v) is 9.58. The first-order valence-electron chi connectivity index (χ1n) is 12.1. The molecule has 37 heavy (non-hydrogen) atoms. The predicted molar refractivity (Wildman–Crippen MR) is 144 cm³/mol. The van der Waals surface area contributed by atoms with Crippen LogP contribution in [0.5, 0.6) is 5.75 Å². The molecule has 1 aliphatic rings. The Hall–Kier alpha value is -3.85. The third-order valence-electron chi connectivity index (χ3n) is 6.11. The first-order chi connectivity index (χ1) is 18.1. The van der Waals surface area contributed by atoms with Crippen molar-refractivity contribution in [3.05, 3.63) is 83.7 Å². The number of ether oxygens (including phenoxy) is 3. The molecule has 8 nitrogen and oxygen atoms in total. The van der Waals surface area contributed by atoms with Crippen LogP contribution in [0.4, 0.5) is 0 Å². The van der Waals surface area contributed by atoms with E-state index in [1.165, 1.54) is 0 Å². The highest BCUT2D eigenvalue weighted by molar-refractivity contribution is 7.99. The van der Waals surface area contributed by atoms with E-state index in [2.05, 4.69) is 9.55 Å². The lowest BCUT2D eigenvalue weighted by Crippen LogP contribution is -2.21. The van der Waals surface area contributed by atoms with Crippen molar-refractivity contribution in [2.75, 3.05) is 19.5 Å². The zero-order chi connectivity index (χ0) is 25.8. The Morgan fingerprint density at radius 3 is 2.70 bits per heavy atom. The summed E-state index contributed by atoms with van der Waals surface area (Å²) in [6, 6.07) is 19.0. The lowest BCUT2D eigenvalue weighted by molar-refractivity contribution is 0.0526. The van der Waals surface area contributed by atoms with Crippen LogP contribution in [-0.4, -0.2) is 58.0 Å². The van der Waals surface area contributed by atoms with Crippen LogP contribution >= 0.6 is 11.8 Å². The van der Waals surface area contributed by atoms with Gasteiger partial charge in [-0.15, -0.1) is 0 Å². The average Bonchev–Trinajstić information content (AvgIpc) is 3.47. The van der Waals surface area contributed by atoms with E-state index < -0.39 is 0 Å². The summed E-state index contributed by atoms with van der Waals surface area (Å²) in [5.74, 6) is 1.77. The van der Waals surface area contributed by atoms with Crippen molar-refractivity contribution in [3.63, 3.8) is 0 Å². The number of pyridine rings is 1. The minimum absolute atomic E-state index is 0.0275. The van der Waals surface area contributed by atoms with Gasteiger partial charge in [0, 0.05) is 17.5 Å². The number of rotatable bonds is 9. The van der Waals surface area contributed by atoms with Crippen LogP contribution in [0.3, 0.4) is 0 Å². The van der Waals surface area contributed by atoms with Crippen LogP contribution in [0.25, 0.3) is 11.0 Å². The van der Waals surface area contributed by atoms with Gasteiger partial charge in [-0.25, -0.2) is 14.8 Å². The number of methoxy groups -OCH3 is 1. The lowest BCUT2D eigenvalue weighted by atomic mass is 10.2. The molecule has 9 heteroatoms. The topological polar surface area (TPSA) is 87.8 Å². The van der Waals surface area contributed by atoms with Crippen molar-refractivity contribution < 1.29 is 19.0 Å². The SMILES string of the molecule is CCOC(=O)c1ccc2c(c1)nc(SCC1N=C(c3ccc(OC)cc3)OC1C)n2Cc1ccccn1. The van der Waals surface area contributed by atoms with Gasteiger partial charge in [0.05, 0.1) is 48.6 Å². The molecule has 3 heterocycles. The number of benzene rings is 2. The molecule has 0 fully saturated rings. The molecule has 1 aliphatic heterocycles. The maximum Gasteiger partial charge on any atom is 0.338 e. The van der Waals surface area contributed by atoms with E-state index in [0.29, 0.717) is 30.4 Å². The molecule has 2 unspecified atom stereocenters. The highest BCUT2D eigenvalue weighted by Gasteiger charge is 2.29. The van der Waals surface area contributed by atoms with Crippen LogP contribution in [0.1, 0.15) is 35.5 Å². The van der Waals surface area contributed by atoms with Crippen molar-refractivity contribution in [1.82, 2.24) is 14.5 Å². The summed E-state index contributed by atoms with van der Waals surface area (Å²) in [7, 11) is 1.65. The van der Waals surface area contributed by atoms with Crippen LogP contribution in [0, 0.1) is 0 Å². The summed E-state index contributed by atoms with van der Waals surface area (Å²) >= 11 is 1.62. The highest BCUT2D eigenvalue weighted by atomic mass is 32.2. The molecule has 0 N–H and O–H groups in total. The first kappa shape index (κ1) is 24.8. The lowest BCUT2D eigenvalue weighted by Gasteiger charge is -2.13. The van der Waals surface area contributed by atoms with Crippen molar-refractivity contribution in [2.45, 2.75) is 37.7 Å². The highest BCUT2D eigenvalue weighted by Crippen LogP contribution is 2.30. The van der Waals surface area contributed by atoms with Crippen molar-refractivity contribution in [1.29, 1.82) is 0 Å².